The molecule has 3 heteroatoms. The predicted molar refractivity (Wildman–Crippen MR) is 89.3 cm³/mol. The Kier molecular flexibility index (Phi) is 8.40. The van der Waals surface area contributed by atoms with Gasteiger partial charge in [-0.25, -0.2) is 0 Å². The van der Waals surface area contributed by atoms with Crippen molar-refractivity contribution in [2.45, 2.75) is 39.5 Å². The molecule has 1 unspecified atom stereocenters. The van der Waals surface area contributed by atoms with Gasteiger partial charge in [0.05, 0.1) is 13.7 Å². The molecule has 1 aromatic rings. The summed E-state index contributed by atoms with van der Waals surface area (Å²) in [5, 5.41) is 3.52. The lowest BCUT2D eigenvalue weighted by atomic mass is 9.82. The van der Waals surface area contributed by atoms with Crippen molar-refractivity contribution in [2.24, 2.45) is 5.92 Å². The molecule has 3 nitrogen and oxygen atoms in total. The highest BCUT2D eigenvalue weighted by atomic mass is 16.5. The summed E-state index contributed by atoms with van der Waals surface area (Å²) in [5.74, 6) is 2.19. The van der Waals surface area contributed by atoms with Gasteiger partial charge in [-0.15, -0.1) is 0 Å². The van der Waals surface area contributed by atoms with Crippen molar-refractivity contribution in [1.82, 2.24) is 5.32 Å². The van der Waals surface area contributed by atoms with E-state index in [4.69, 9.17) is 9.47 Å². The SMILES string of the molecule is CCC(CC)C(CNCCOC)c1ccc(C)c(OC)c1. The highest BCUT2D eigenvalue weighted by molar-refractivity contribution is 5.38. The number of ether oxygens (including phenoxy) is 2. The Balaban J connectivity index is 2.88. The van der Waals surface area contributed by atoms with Crippen LogP contribution in [0.3, 0.4) is 0 Å². The van der Waals surface area contributed by atoms with Crippen molar-refractivity contribution in [2.75, 3.05) is 33.9 Å². The van der Waals surface area contributed by atoms with E-state index in [1.54, 1.807) is 14.2 Å². The molecule has 0 aromatic heterocycles. The zero-order valence-corrected chi connectivity index (χ0v) is 14.2. The van der Waals surface area contributed by atoms with E-state index >= 15 is 0 Å². The van der Waals surface area contributed by atoms with Crippen molar-refractivity contribution < 1.29 is 9.47 Å². The molecule has 0 saturated carbocycles. The molecule has 1 N–H and O–H groups in total. The summed E-state index contributed by atoms with van der Waals surface area (Å²) in [6, 6.07) is 6.62. The summed E-state index contributed by atoms with van der Waals surface area (Å²) in [4.78, 5) is 0. The van der Waals surface area contributed by atoms with Crippen LogP contribution in [0.4, 0.5) is 0 Å². The van der Waals surface area contributed by atoms with Crippen LogP contribution in [0.1, 0.15) is 43.7 Å². The molecule has 0 aliphatic heterocycles. The van der Waals surface area contributed by atoms with Gasteiger partial charge in [0, 0.05) is 20.2 Å². The molecule has 0 spiro atoms. The molecule has 1 rings (SSSR count). The maximum absolute atomic E-state index is 5.49. The van der Waals surface area contributed by atoms with Gasteiger partial charge >= 0.3 is 0 Å². The third-order valence-corrected chi connectivity index (χ3v) is 4.33. The number of benzene rings is 1. The van der Waals surface area contributed by atoms with Crippen LogP contribution in [0, 0.1) is 12.8 Å². The Morgan fingerprint density at radius 1 is 1.14 bits per heavy atom. The fraction of sp³-hybridized carbons (Fsp3) is 0.667. The fourth-order valence-electron chi connectivity index (χ4n) is 2.91. The van der Waals surface area contributed by atoms with Gasteiger partial charge in [0.2, 0.25) is 0 Å². The highest BCUT2D eigenvalue weighted by Gasteiger charge is 2.21. The predicted octanol–water partition coefficient (Wildman–Crippen LogP) is 3.76. The van der Waals surface area contributed by atoms with E-state index in [9.17, 15) is 0 Å². The van der Waals surface area contributed by atoms with Gasteiger partial charge in [-0.05, 0) is 36.0 Å². The van der Waals surface area contributed by atoms with E-state index in [2.05, 4.69) is 44.3 Å². The van der Waals surface area contributed by atoms with Crippen LogP contribution in [0.2, 0.25) is 0 Å². The summed E-state index contributed by atoms with van der Waals surface area (Å²) in [7, 11) is 3.49. The molecule has 0 heterocycles. The van der Waals surface area contributed by atoms with Crippen molar-refractivity contribution in [3.63, 3.8) is 0 Å². The minimum atomic E-state index is 0.520. The van der Waals surface area contributed by atoms with Gasteiger partial charge in [-0.1, -0.05) is 38.8 Å². The van der Waals surface area contributed by atoms with Crippen molar-refractivity contribution in [3.8, 4) is 5.75 Å². The lowest BCUT2D eigenvalue weighted by molar-refractivity contribution is 0.197. The lowest BCUT2D eigenvalue weighted by Gasteiger charge is -2.27. The summed E-state index contributed by atoms with van der Waals surface area (Å²) in [6.45, 7) is 9.29. The summed E-state index contributed by atoms with van der Waals surface area (Å²) in [5.41, 5.74) is 2.56. The van der Waals surface area contributed by atoms with Crippen LogP contribution in [0.25, 0.3) is 0 Å². The minimum Gasteiger partial charge on any atom is -0.496 e. The quantitative estimate of drug-likeness (QED) is 0.666. The molecule has 0 amide bonds. The van der Waals surface area contributed by atoms with Gasteiger partial charge in [0.15, 0.2) is 0 Å². The fourth-order valence-corrected chi connectivity index (χ4v) is 2.91. The van der Waals surface area contributed by atoms with Gasteiger partial charge in [-0.2, -0.15) is 0 Å². The summed E-state index contributed by atoms with van der Waals surface area (Å²) in [6.07, 6.45) is 2.40. The number of rotatable bonds is 10. The molecule has 0 bridgehead atoms. The Bertz CT molecular complexity index is 402. The molecular formula is C18H31NO2. The Hall–Kier alpha value is -1.06. The molecule has 1 aromatic carbocycles. The van der Waals surface area contributed by atoms with Gasteiger partial charge in [-0.3, -0.25) is 0 Å². The minimum absolute atomic E-state index is 0.520. The number of hydrogen-bond donors (Lipinski definition) is 1. The second-order valence-corrected chi connectivity index (χ2v) is 5.61. The molecular weight excluding hydrogens is 262 g/mol. The third kappa shape index (κ3) is 5.33. The van der Waals surface area contributed by atoms with Crippen molar-refractivity contribution in [1.29, 1.82) is 0 Å². The summed E-state index contributed by atoms with van der Waals surface area (Å²) < 4.78 is 10.6. The smallest absolute Gasteiger partial charge is 0.122 e. The zero-order valence-electron chi connectivity index (χ0n) is 14.2. The van der Waals surface area contributed by atoms with Crippen LogP contribution < -0.4 is 10.1 Å². The average Bonchev–Trinajstić information content (AvgIpc) is 2.51. The van der Waals surface area contributed by atoms with E-state index in [1.165, 1.54) is 24.0 Å². The maximum atomic E-state index is 5.49. The average molecular weight is 293 g/mol. The molecule has 0 aliphatic carbocycles. The topological polar surface area (TPSA) is 30.5 Å². The Labute approximate surface area is 130 Å². The van der Waals surface area contributed by atoms with Crippen molar-refractivity contribution in [3.05, 3.63) is 29.3 Å². The molecule has 0 fully saturated rings. The van der Waals surface area contributed by atoms with Crippen LogP contribution >= 0.6 is 0 Å². The van der Waals surface area contributed by atoms with Gasteiger partial charge in [0.1, 0.15) is 5.75 Å². The molecule has 120 valence electrons. The molecule has 0 radical (unpaired) electrons. The van der Waals surface area contributed by atoms with Crippen molar-refractivity contribution >= 4 is 0 Å². The van der Waals surface area contributed by atoms with E-state index in [1.807, 2.05) is 0 Å². The van der Waals surface area contributed by atoms with Crippen LogP contribution in [0.5, 0.6) is 5.75 Å². The third-order valence-electron chi connectivity index (χ3n) is 4.33. The number of nitrogens with one attached hydrogen (secondary N) is 1. The largest absolute Gasteiger partial charge is 0.496 e. The number of methoxy groups -OCH3 is 2. The first-order chi connectivity index (χ1) is 10.2. The molecule has 0 saturated heterocycles. The zero-order chi connectivity index (χ0) is 15.7. The first-order valence-electron chi connectivity index (χ1n) is 8.02. The Morgan fingerprint density at radius 2 is 1.86 bits per heavy atom. The van der Waals surface area contributed by atoms with E-state index in [0.717, 1.165) is 25.4 Å². The maximum Gasteiger partial charge on any atom is 0.122 e. The monoisotopic (exact) mass is 293 g/mol. The van der Waals surface area contributed by atoms with Crippen LogP contribution in [-0.2, 0) is 4.74 Å². The second kappa shape index (κ2) is 9.80. The van der Waals surface area contributed by atoms with E-state index in [-0.39, 0.29) is 0 Å². The lowest BCUT2D eigenvalue weighted by Crippen LogP contribution is -2.29. The molecule has 0 aliphatic rings. The molecule has 21 heavy (non-hydrogen) atoms. The second-order valence-electron chi connectivity index (χ2n) is 5.61. The van der Waals surface area contributed by atoms with E-state index in [0.29, 0.717) is 11.8 Å². The normalized spacial score (nSPS) is 12.7. The standard InChI is InChI=1S/C18H31NO2/c1-6-15(7-2)17(13-19-10-11-20-4)16-9-8-14(3)18(12-16)21-5/h8-9,12,15,17,19H,6-7,10-11,13H2,1-5H3. The van der Waals surface area contributed by atoms with Gasteiger partial charge in [0.25, 0.3) is 0 Å². The summed E-state index contributed by atoms with van der Waals surface area (Å²) >= 11 is 0. The first-order valence-corrected chi connectivity index (χ1v) is 8.02. The first kappa shape index (κ1) is 18.0. The number of aryl methyl sites for hydroxylation is 1. The Morgan fingerprint density at radius 3 is 2.43 bits per heavy atom. The van der Waals surface area contributed by atoms with Crippen LogP contribution in [0.15, 0.2) is 18.2 Å². The van der Waals surface area contributed by atoms with E-state index < -0.39 is 0 Å². The molecule has 1 atom stereocenters. The van der Waals surface area contributed by atoms with Crippen LogP contribution in [-0.4, -0.2) is 33.9 Å². The van der Waals surface area contributed by atoms with Gasteiger partial charge < -0.3 is 14.8 Å². The highest BCUT2D eigenvalue weighted by Crippen LogP contribution is 2.32. The number of hydrogen-bond acceptors (Lipinski definition) is 3.